The second-order valence-electron chi connectivity index (χ2n) is 7.23. The number of nitrogens with zero attached hydrogens (tertiary/aromatic N) is 2. The lowest BCUT2D eigenvalue weighted by Crippen LogP contribution is -2.04. The fraction of sp³-hybridized carbons (Fsp3) is 0.600. The highest BCUT2D eigenvalue weighted by molar-refractivity contribution is 5.14. The van der Waals surface area contributed by atoms with E-state index >= 15 is 0 Å². The fourth-order valence-electron chi connectivity index (χ4n) is 2.46. The molecule has 0 saturated carbocycles. The highest BCUT2D eigenvalue weighted by Crippen LogP contribution is 2.19. The zero-order chi connectivity index (χ0) is 16.9. The molecule has 2 nitrogen and oxygen atoms in total. The fourth-order valence-corrected chi connectivity index (χ4v) is 2.46. The summed E-state index contributed by atoms with van der Waals surface area (Å²) < 4.78 is 4.57. The molecule has 2 rings (SSSR count). The first-order valence-electron chi connectivity index (χ1n) is 8.58. The Bertz CT molecular complexity index is 497. The summed E-state index contributed by atoms with van der Waals surface area (Å²) in [6.45, 7) is 17.7. The van der Waals surface area contributed by atoms with Gasteiger partial charge in [-0.2, -0.15) is 0 Å². The Morgan fingerprint density at radius 1 is 0.727 bits per heavy atom. The van der Waals surface area contributed by atoms with Crippen molar-refractivity contribution in [3.63, 3.8) is 0 Å². The van der Waals surface area contributed by atoms with Crippen molar-refractivity contribution in [2.45, 2.75) is 79.3 Å². The van der Waals surface area contributed by atoms with Gasteiger partial charge in [0.15, 0.2) is 0 Å². The van der Waals surface area contributed by atoms with E-state index in [1.807, 2.05) is 0 Å². The SMILES string of the molecule is CC(C)c1cccn1C(C)C.CC(C)c1ccn(C(C)C)c1. The largest absolute Gasteiger partial charge is 0.352 e. The predicted molar refractivity (Wildman–Crippen MR) is 97.8 cm³/mol. The predicted octanol–water partition coefficient (Wildman–Crippen LogP) is 6.38. The minimum absolute atomic E-state index is 0.586. The van der Waals surface area contributed by atoms with Gasteiger partial charge in [-0.3, -0.25) is 0 Å². The molecule has 22 heavy (non-hydrogen) atoms. The van der Waals surface area contributed by atoms with Crippen molar-refractivity contribution >= 4 is 0 Å². The molecule has 0 fully saturated rings. The Morgan fingerprint density at radius 3 is 1.68 bits per heavy atom. The molecular formula is C20H34N2. The number of hydrogen-bond acceptors (Lipinski definition) is 0. The average Bonchev–Trinajstić information content (AvgIpc) is 3.09. The van der Waals surface area contributed by atoms with Gasteiger partial charge >= 0.3 is 0 Å². The number of hydrogen-bond donors (Lipinski definition) is 0. The van der Waals surface area contributed by atoms with Crippen LogP contribution in [0.5, 0.6) is 0 Å². The van der Waals surface area contributed by atoms with Crippen LogP contribution in [0, 0.1) is 0 Å². The summed E-state index contributed by atoms with van der Waals surface area (Å²) in [7, 11) is 0. The van der Waals surface area contributed by atoms with E-state index < -0.39 is 0 Å². The molecule has 2 aromatic rings. The van der Waals surface area contributed by atoms with E-state index in [9.17, 15) is 0 Å². The van der Waals surface area contributed by atoms with Gasteiger partial charge in [-0.15, -0.1) is 0 Å². The summed E-state index contributed by atoms with van der Waals surface area (Å²) >= 11 is 0. The first kappa shape index (κ1) is 18.6. The maximum absolute atomic E-state index is 2.32. The van der Waals surface area contributed by atoms with Crippen molar-refractivity contribution in [2.24, 2.45) is 0 Å². The second-order valence-corrected chi connectivity index (χ2v) is 7.23. The highest BCUT2D eigenvalue weighted by atomic mass is 15.0. The third-order valence-electron chi connectivity index (χ3n) is 3.96. The van der Waals surface area contributed by atoms with E-state index in [0.717, 1.165) is 0 Å². The van der Waals surface area contributed by atoms with Crippen molar-refractivity contribution < 1.29 is 0 Å². The van der Waals surface area contributed by atoms with Crippen LogP contribution in [0.25, 0.3) is 0 Å². The van der Waals surface area contributed by atoms with Gasteiger partial charge in [0.25, 0.3) is 0 Å². The highest BCUT2D eigenvalue weighted by Gasteiger charge is 2.06. The standard InChI is InChI=1S/2C10H17N/c1-8(2)10-5-6-11(7-10)9(3)4;1-8(2)10-6-5-7-11(10)9(3)4/h2*5-9H,1-4H3. The lowest BCUT2D eigenvalue weighted by molar-refractivity contribution is 0.560. The van der Waals surface area contributed by atoms with E-state index in [0.29, 0.717) is 23.9 Å². The lowest BCUT2D eigenvalue weighted by Gasteiger charge is -2.14. The van der Waals surface area contributed by atoms with Crippen molar-refractivity contribution in [2.75, 3.05) is 0 Å². The van der Waals surface area contributed by atoms with E-state index in [4.69, 9.17) is 0 Å². The molecule has 0 atom stereocenters. The normalized spacial score (nSPS) is 11.5. The first-order valence-corrected chi connectivity index (χ1v) is 8.58. The Balaban J connectivity index is 0.000000220. The molecule has 0 aromatic carbocycles. The number of aromatic nitrogens is 2. The third kappa shape index (κ3) is 5.08. The van der Waals surface area contributed by atoms with Crippen LogP contribution in [0.1, 0.15) is 90.6 Å². The molecule has 0 unspecified atom stereocenters. The molecule has 2 heteroatoms. The van der Waals surface area contributed by atoms with Crippen LogP contribution in [0.15, 0.2) is 36.8 Å². The molecule has 0 saturated heterocycles. The van der Waals surface area contributed by atoms with Crippen LogP contribution in [0.3, 0.4) is 0 Å². The van der Waals surface area contributed by atoms with E-state index in [-0.39, 0.29) is 0 Å². The Kier molecular flexibility index (Phi) is 6.99. The van der Waals surface area contributed by atoms with Gasteiger partial charge < -0.3 is 9.13 Å². The third-order valence-corrected chi connectivity index (χ3v) is 3.96. The molecule has 0 spiro atoms. The minimum atomic E-state index is 0.586. The minimum Gasteiger partial charge on any atom is -0.352 e. The van der Waals surface area contributed by atoms with Crippen LogP contribution in [-0.2, 0) is 0 Å². The van der Waals surface area contributed by atoms with Crippen molar-refractivity contribution in [1.29, 1.82) is 0 Å². The second kappa shape index (κ2) is 8.26. The maximum Gasteiger partial charge on any atom is 0.0276 e. The Hall–Kier alpha value is -1.44. The van der Waals surface area contributed by atoms with Crippen molar-refractivity contribution in [3.05, 3.63) is 48.0 Å². The van der Waals surface area contributed by atoms with Crippen molar-refractivity contribution in [3.8, 4) is 0 Å². The molecule has 0 bridgehead atoms. The first-order chi connectivity index (χ1) is 10.2. The van der Waals surface area contributed by atoms with Gasteiger partial charge in [-0.05, 0) is 63.3 Å². The van der Waals surface area contributed by atoms with Crippen LogP contribution >= 0.6 is 0 Å². The van der Waals surface area contributed by atoms with E-state index in [1.165, 1.54) is 11.3 Å². The van der Waals surface area contributed by atoms with Crippen LogP contribution < -0.4 is 0 Å². The van der Waals surface area contributed by atoms with Crippen LogP contribution in [-0.4, -0.2) is 9.13 Å². The molecule has 0 amide bonds. The molecular weight excluding hydrogens is 268 g/mol. The molecule has 0 aliphatic heterocycles. The van der Waals surface area contributed by atoms with Gasteiger partial charge in [-0.1, -0.05) is 27.7 Å². The van der Waals surface area contributed by atoms with Gasteiger partial charge in [0.05, 0.1) is 0 Å². The average molecular weight is 303 g/mol. The maximum atomic E-state index is 2.32. The molecule has 0 radical (unpaired) electrons. The summed E-state index contributed by atoms with van der Waals surface area (Å²) in [5.41, 5.74) is 2.86. The molecule has 2 heterocycles. The smallest absolute Gasteiger partial charge is 0.0276 e. The summed E-state index contributed by atoms with van der Waals surface area (Å²) in [6.07, 6.45) is 6.54. The molecule has 0 N–H and O–H groups in total. The zero-order valence-electron chi connectivity index (χ0n) is 15.7. The molecule has 124 valence electrons. The summed E-state index contributed by atoms with van der Waals surface area (Å²) in [4.78, 5) is 0. The monoisotopic (exact) mass is 302 g/mol. The van der Waals surface area contributed by atoms with Crippen molar-refractivity contribution in [1.82, 2.24) is 9.13 Å². The Labute approximate surface area is 137 Å². The molecule has 0 aliphatic carbocycles. The zero-order valence-corrected chi connectivity index (χ0v) is 15.7. The molecule has 2 aromatic heterocycles. The van der Waals surface area contributed by atoms with E-state index in [2.05, 4.69) is 101 Å². The quantitative estimate of drug-likeness (QED) is 0.619. The van der Waals surface area contributed by atoms with E-state index in [1.54, 1.807) is 0 Å². The number of rotatable bonds is 4. The van der Waals surface area contributed by atoms with Gasteiger partial charge in [0, 0.05) is 36.4 Å². The summed E-state index contributed by atoms with van der Waals surface area (Å²) in [5, 5.41) is 0. The van der Waals surface area contributed by atoms with Gasteiger partial charge in [-0.25, -0.2) is 0 Å². The topological polar surface area (TPSA) is 9.86 Å². The Morgan fingerprint density at radius 2 is 1.36 bits per heavy atom. The van der Waals surface area contributed by atoms with Crippen LogP contribution in [0.2, 0.25) is 0 Å². The lowest BCUT2D eigenvalue weighted by atomic mass is 10.1. The van der Waals surface area contributed by atoms with Gasteiger partial charge in [0.2, 0.25) is 0 Å². The van der Waals surface area contributed by atoms with Crippen LogP contribution in [0.4, 0.5) is 0 Å². The summed E-state index contributed by atoms with van der Waals surface area (Å²) in [6, 6.07) is 7.69. The molecule has 0 aliphatic rings. The summed E-state index contributed by atoms with van der Waals surface area (Å²) in [5.74, 6) is 1.28. The van der Waals surface area contributed by atoms with Gasteiger partial charge in [0.1, 0.15) is 0 Å².